The van der Waals surface area contributed by atoms with Crippen LogP contribution in [0.5, 0.6) is 5.75 Å². The molecule has 12 heteroatoms. The molecule has 0 atom stereocenters. The van der Waals surface area contributed by atoms with Gasteiger partial charge in [0.2, 0.25) is 0 Å². The van der Waals surface area contributed by atoms with E-state index in [9.17, 15) is 23.1 Å². The lowest BCUT2D eigenvalue weighted by molar-refractivity contribution is -0.135. The minimum Gasteiger partial charge on any atom is -0.487 e. The molecule has 192 valence electrons. The van der Waals surface area contributed by atoms with Crippen LogP contribution in [0.3, 0.4) is 0 Å². The molecular formula is C24H24BrFN2O7S. The molecule has 3 aromatic carbocycles. The number of carbonyl (C=O) groups is 2. The zero-order valence-electron chi connectivity index (χ0n) is 19.6. The molecule has 36 heavy (non-hydrogen) atoms. The maximum atomic E-state index is 15.9. The maximum Gasteiger partial charge on any atom is 0.422 e. The summed E-state index contributed by atoms with van der Waals surface area (Å²) in [5.74, 6) is -2.87. The number of nitrogens with zero attached hydrogens (tertiary/aromatic N) is 1. The number of carbonyl (C=O) groups excluding carboxylic acids is 1. The Hall–Kier alpha value is -3.38. The zero-order chi connectivity index (χ0) is 26.7. The molecule has 0 heterocycles. The van der Waals surface area contributed by atoms with Gasteiger partial charge < -0.3 is 14.6 Å². The van der Waals surface area contributed by atoms with Crippen molar-refractivity contribution in [2.24, 2.45) is 0 Å². The topological polar surface area (TPSA) is 122 Å². The van der Waals surface area contributed by atoms with E-state index in [0.717, 1.165) is 0 Å². The van der Waals surface area contributed by atoms with Gasteiger partial charge in [-0.3, -0.25) is 4.79 Å². The second kappa shape index (κ2) is 10.7. The van der Waals surface area contributed by atoms with Gasteiger partial charge >= 0.3 is 22.3 Å². The number of benzene rings is 3. The van der Waals surface area contributed by atoms with Gasteiger partial charge in [0.1, 0.15) is 30.2 Å². The number of nitrogens with one attached hydrogen (secondary N) is 1. The number of carboxylic acids is 1. The van der Waals surface area contributed by atoms with E-state index in [1.54, 1.807) is 47.2 Å². The summed E-state index contributed by atoms with van der Waals surface area (Å²) in [6, 6.07) is 14.8. The van der Waals surface area contributed by atoms with E-state index >= 15 is 4.39 Å². The third kappa shape index (κ3) is 6.85. The van der Waals surface area contributed by atoms with Crippen molar-refractivity contribution in [2.45, 2.75) is 33.0 Å². The minimum absolute atomic E-state index is 0.0168. The smallest absolute Gasteiger partial charge is 0.422 e. The Balaban J connectivity index is 2.15. The highest BCUT2D eigenvalue weighted by Crippen LogP contribution is 2.39. The number of hydrogen-bond acceptors (Lipinski definition) is 6. The molecule has 0 aliphatic heterocycles. The first-order valence-corrected chi connectivity index (χ1v) is 12.8. The number of aliphatic carboxylic acids is 1. The van der Waals surface area contributed by atoms with Gasteiger partial charge in [0, 0.05) is 9.86 Å². The normalized spacial score (nSPS) is 11.7. The second-order valence-corrected chi connectivity index (χ2v) is 11.2. The number of carboxylic acid groups (broad SMARTS) is 1. The van der Waals surface area contributed by atoms with Gasteiger partial charge in [0.05, 0.1) is 0 Å². The molecule has 0 fully saturated rings. The van der Waals surface area contributed by atoms with E-state index in [0.29, 0.717) is 15.4 Å². The van der Waals surface area contributed by atoms with Gasteiger partial charge in [0.15, 0.2) is 5.82 Å². The lowest BCUT2D eigenvalue weighted by Gasteiger charge is -2.27. The van der Waals surface area contributed by atoms with E-state index < -0.39 is 45.9 Å². The van der Waals surface area contributed by atoms with Crippen molar-refractivity contribution < 1.29 is 37.0 Å². The molecule has 3 aromatic rings. The number of hydrogen-bond donors (Lipinski definition) is 2. The first-order valence-electron chi connectivity index (χ1n) is 10.6. The molecule has 0 saturated carbocycles. The largest absolute Gasteiger partial charge is 0.487 e. The van der Waals surface area contributed by atoms with Crippen molar-refractivity contribution in [2.75, 3.05) is 10.8 Å². The highest BCUT2D eigenvalue weighted by molar-refractivity contribution is 9.10. The fourth-order valence-electron chi connectivity index (χ4n) is 3.24. The molecule has 9 nitrogen and oxygen atoms in total. The number of ether oxygens (including phenoxy) is 2. The molecule has 0 saturated heterocycles. The first-order chi connectivity index (χ1) is 16.8. The van der Waals surface area contributed by atoms with Crippen molar-refractivity contribution >= 4 is 54.7 Å². The molecule has 0 bridgehead atoms. The summed E-state index contributed by atoms with van der Waals surface area (Å²) in [6.45, 7) is 3.30. The Morgan fingerprint density at radius 1 is 1.11 bits per heavy atom. The van der Waals surface area contributed by atoms with Gasteiger partial charge in [-0.05, 0) is 49.9 Å². The Bertz CT molecular complexity index is 1390. The lowest BCUT2D eigenvalue weighted by atomic mass is 10.1. The highest BCUT2D eigenvalue weighted by Gasteiger charge is 2.34. The zero-order valence-corrected chi connectivity index (χ0v) is 22.0. The van der Waals surface area contributed by atoms with E-state index in [-0.39, 0.29) is 22.0 Å². The monoisotopic (exact) mass is 582 g/mol. The van der Waals surface area contributed by atoms with Crippen LogP contribution >= 0.6 is 15.9 Å². The summed E-state index contributed by atoms with van der Waals surface area (Å²) in [6.07, 6.45) is -1.35. The first kappa shape index (κ1) is 27.2. The average Bonchev–Trinajstić information content (AvgIpc) is 2.75. The number of halogens is 2. The van der Waals surface area contributed by atoms with Crippen molar-refractivity contribution in [3.8, 4) is 5.75 Å². The quantitative estimate of drug-likeness (QED) is 0.384. The number of amides is 1. The fourth-order valence-corrected chi connectivity index (χ4v) is 4.67. The summed E-state index contributed by atoms with van der Waals surface area (Å²) in [4.78, 5) is 23.8. The molecule has 0 radical (unpaired) electrons. The molecule has 0 unspecified atom stereocenters. The predicted molar refractivity (Wildman–Crippen MR) is 136 cm³/mol. The Morgan fingerprint density at radius 2 is 1.78 bits per heavy atom. The molecule has 0 aliphatic rings. The van der Waals surface area contributed by atoms with E-state index in [4.69, 9.17) is 9.47 Å². The standard InChI is InChI=1S/C24H24BrFN2O7S/c1-24(2,3)35-23(31)27-36(32,33)28(13-20(29)30)22-19(34-14-15-7-5-4-6-8-15)12-16-11-17(25)9-10-18(16)21(22)26/h4-12H,13-14H2,1-3H3,(H,27,31)(H,29,30). The number of rotatable bonds is 8. The van der Waals surface area contributed by atoms with Gasteiger partial charge in [-0.15, -0.1) is 0 Å². The summed E-state index contributed by atoms with van der Waals surface area (Å²) in [5, 5.41) is 9.84. The van der Waals surface area contributed by atoms with Crippen molar-refractivity contribution in [1.29, 1.82) is 0 Å². The maximum absolute atomic E-state index is 15.9. The molecular weight excluding hydrogens is 559 g/mol. The van der Waals surface area contributed by atoms with Crippen LogP contribution in [0.25, 0.3) is 10.8 Å². The summed E-state index contributed by atoms with van der Waals surface area (Å²) >= 11 is 3.31. The van der Waals surface area contributed by atoms with Crippen LogP contribution in [0.1, 0.15) is 26.3 Å². The summed E-state index contributed by atoms with van der Waals surface area (Å²) < 4.78 is 55.5. The third-order valence-electron chi connectivity index (χ3n) is 4.64. The molecule has 2 N–H and O–H groups in total. The molecule has 0 aromatic heterocycles. The van der Waals surface area contributed by atoms with Gasteiger partial charge in [-0.2, -0.15) is 8.42 Å². The Kier molecular flexibility index (Phi) is 8.09. The van der Waals surface area contributed by atoms with Crippen LogP contribution in [0.4, 0.5) is 14.9 Å². The van der Waals surface area contributed by atoms with E-state index in [2.05, 4.69) is 15.9 Å². The number of anilines is 1. The van der Waals surface area contributed by atoms with Gasteiger partial charge in [0.25, 0.3) is 0 Å². The van der Waals surface area contributed by atoms with Crippen molar-refractivity contribution in [1.82, 2.24) is 4.72 Å². The molecule has 0 aliphatic carbocycles. The Morgan fingerprint density at radius 3 is 2.39 bits per heavy atom. The molecule has 1 amide bonds. The van der Waals surface area contributed by atoms with E-state index in [1.807, 2.05) is 0 Å². The SMILES string of the molecule is CC(C)(C)OC(=O)NS(=O)(=O)N(CC(=O)O)c1c(OCc2ccccc2)cc2cc(Br)ccc2c1F. The van der Waals surface area contributed by atoms with Crippen molar-refractivity contribution in [3.05, 3.63) is 70.5 Å². The predicted octanol–water partition coefficient (Wildman–Crippen LogP) is 4.98. The lowest BCUT2D eigenvalue weighted by Crippen LogP contribution is -2.47. The summed E-state index contributed by atoms with van der Waals surface area (Å²) in [7, 11) is -4.95. The summed E-state index contributed by atoms with van der Waals surface area (Å²) in [5.41, 5.74) is -1.00. The van der Waals surface area contributed by atoms with Gasteiger partial charge in [-0.25, -0.2) is 18.2 Å². The minimum atomic E-state index is -4.95. The van der Waals surface area contributed by atoms with Crippen LogP contribution in [0, 0.1) is 5.82 Å². The second-order valence-electron chi connectivity index (χ2n) is 8.69. The molecule has 0 spiro atoms. The van der Waals surface area contributed by atoms with Gasteiger partial charge in [-0.1, -0.05) is 52.3 Å². The Labute approximate surface area is 216 Å². The highest BCUT2D eigenvalue weighted by atomic mass is 79.9. The van der Waals surface area contributed by atoms with Crippen LogP contribution < -0.4 is 13.8 Å². The van der Waals surface area contributed by atoms with Crippen LogP contribution in [0.15, 0.2) is 59.1 Å². The molecule has 3 rings (SSSR count). The van der Waals surface area contributed by atoms with Crippen LogP contribution in [0.2, 0.25) is 0 Å². The fraction of sp³-hybridized carbons (Fsp3) is 0.250. The van der Waals surface area contributed by atoms with Crippen LogP contribution in [-0.2, 0) is 26.3 Å². The average molecular weight is 583 g/mol. The van der Waals surface area contributed by atoms with Crippen molar-refractivity contribution in [3.63, 3.8) is 0 Å². The number of fused-ring (bicyclic) bond motifs is 1. The van der Waals surface area contributed by atoms with Crippen LogP contribution in [-0.4, -0.2) is 37.7 Å². The third-order valence-corrected chi connectivity index (χ3v) is 6.45. The van der Waals surface area contributed by atoms with E-state index in [1.165, 1.54) is 32.9 Å².